The van der Waals surface area contributed by atoms with Crippen molar-refractivity contribution < 1.29 is 23.2 Å². The molecule has 198 valence electrons. The maximum atomic E-state index is 13.4. The van der Waals surface area contributed by atoms with Gasteiger partial charge in [0.05, 0.1) is 10.1 Å². The first-order valence-corrected chi connectivity index (χ1v) is 12.8. The number of nitrogens with one attached hydrogen (secondary N) is 3. The number of amides is 3. The van der Waals surface area contributed by atoms with Crippen molar-refractivity contribution in [2.45, 2.75) is 32.6 Å². The second-order valence-corrected chi connectivity index (χ2v) is 9.76. The lowest BCUT2D eigenvalue weighted by molar-refractivity contribution is -0.119. The quantitative estimate of drug-likeness (QED) is 0.330. The summed E-state index contributed by atoms with van der Waals surface area (Å²) in [5.41, 5.74) is 3.74. The second-order valence-electron chi connectivity index (χ2n) is 8.69. The average molecular weight is 635 g/mol. The van der Waals surface area contributed by atoms with Crippen molar-refractivity contribution >= 4 is 40.3 Å². The summed E-state index contributed by atoms with van der Waals surface area (Å²) < 4.78 is 28.1. The van der Waals surface area contributed by atoms with E-state index in [0.29, 0.717) is 17.5 Å². The minimum atomic E-state index is -0.644. The third-order valence-electron chi connectivity index (χ3n) is 5.92. The summed E-state index contributed by atoms with van der Waals surface area (Å²) >= 11 is 1.76. The minimum absolute atomic E-state index is 0.0668. The van der Waals surface area contributed by atoms with E-state index in [0.717, 1.165) is 0 Å². The number of halogens is 3. The van der Waals surface area contributed by atoms with E-state index in [2.05, 4.69) is 16.1 Å². The van der Waals surface area contributed by atoms with Crippen LogP contribution in [0.2, 0.25) is 0 Å². The maximum absolute atomic E-state index is 13.4. The van der Waals surface area contributed by atoms with E-state index in [-0.39, 0.29) is 40.4 Å². The largest absolute Gasteiger partial charge is 0.356 e. The molecule has 1 aliphatic heterocycles. The Labute approximate surface area is 230 Å². The van der Waals surface area contributed by atoms with E-state index in [4.69, 9.17) is 0 Å². The van der Waals surface area contributed by atoms with Crippen LogP contribution in [0.15, 0.2) is 59.5 Å². The number of hydrogen-bond acceptors (Lipinski definition) is 5. The van der Waals surface area contributed by atoms with Crippen molar-refractivity contribution in [3.63, 3.8) is 0 Å². The number of aromatic nitrogens is 1. The van der Waals surface area contributed by atoms with Crippen LogP contribution in [0.1, 0.15) is 51.5 Å². The standard InChI is InChI=1S/C26H24F2IN5O4/c1-15(35)30-11-10-21-32-34(13-17-4-8-19(28)9-5-17)26(38)23-22(29)24(36)20(14-33(21)23)25(37)31-12-16-2-6-18(27)7-3-16/h2-9,14,21,32H,10-13H2,1H3,(H,30,35)(H,31,37). The molecule has 0 saturated heterocycles. The van der Waals surface area contributed by atoms with Crippen LogP contribution in [0.25, 0.3) is 0 Å². The Morgan fingerprint density at radius 3 is 2.18 bits per heavy atom. The highest BCUT2D eigenvalue weighted by atomic mass is 127. The lowest BCUT2D eigenvalue weighted by Gasteiger charge is -2.37. The molecule has 0 radical (unpaired) electrons. The zero-order valence-electron chi connectivity index (χ0n) is 20.3. The zero-order valence-corrected chi connectivity index (χ0v) is 22.4. The summed E-state index contributed by atoms with van der Waals surface area (Å²) in [5.74, 6) is -2.18. The van der Waals surface area contributed by atoms with Crippen LogP contribution in [0.5, 0.6) is 0 Å². The molecule has 1 aromatic heterocycles. The molecule has 2 heterocycles. The number of fused-ring (bicyclic) bond motifs is 1. The van der Waals surface area contributed by atoms with E-state index in [1.165, 1.54) is 59.1 Å². The fraction of sp³-hybridized carbons (Fsp3) is 0.231. The van der Waals surface area contributed by atoms with Crippen LogP contribution in [-0.2, 0) is 17.9 Å². The summed E-state index contributed by atoms with van der Waals surface area (Å²) in [6.07, 6.45) is 1.07. The van der Waals surface area contributed by atoms with E-state index < -0.39 is 35.0 Å². The first kappa shape index (κ1) is 27.4. The van der Waals surface area contributed by atoms with Gasteiger partial charge in [0, 0.05) is 32.6 Å². The molecule has 0 fully saturated rings. The highest BCUT2D eigenvalue weighted by Gasteiger charge is 2.34. The van der Waals surface area contributed by atoms with Crippen LogP contribution in [0, 0.1) is 15.2 Å². The van der Waals surface area contributed by atoms with E-state index in [9.17, 15) is 28.0 Å². The number of carbonyl (C=O) groups is 3. The first-order chi connectivity index (χ1) is 18.1. The average Bonchev–Trinajstić information content (AvgIpc) is 2.88. The van der Waals surface area contributed by atoms with Gasteiger partial charge in [0.25, 0.3) is 11.8 Å². The summed E-state index contributed by atoms with van der Waals surface area (Å²) in [7, 11) is 0. The molecule has 3 N–H and O–H groups in total. The lowest BCUT2D eigenvalue weighted by atomic mass is 10.1. The van der Waals surface area contributed by atoms with Crippen LogP contribution in [0.4, 0.5) is 8.78 Å². The number of benzene rings is 2. The molecule has 38 heavy (non-hydrogen) atoms. The number of rotatable bonds is 8. The van der Waals surface area contributed by atoms with Gasteiger partial charge in [-0.1, -0.05) is 24.3 Å². The van der Waals surface area contributed by atoms with Gasteiger partial charge in [0.1, 0.15) is 29.1 Å². The summed E-state index contributed by atoms with van der Waals surface area (Å²) in [6, 6.07) is 11.3. The Kier molecular flexibility index (Phi) is 8.52. The van der Waals surface area contributed by atoms with Crippen molar-refractivity contribution in [2.24, 2.45) is 0 Å². The zero-order chi connectivity index (χ0) is 27.4. The SMILES string of the molecule is CC(=O)NCCC1NN(Cc2ccc(F)cc2)C(=O)c2c(I)c(=O)c(C(=O)NCc3ccc(F)cc3)cn21. The molecule has 3 aromatic rings. The van der Waals surface area contributed by atoms with Gasteiger partial charge in [-0.2, -0.15) is 0 Å². The van der Waals surface area contributed by atoms with Crippen molar-refractivity contribution in [3.05, 3.63) is 103 Å². The van der Waals surface area contributed by atoms with E-state index >= 15 is 0 Å². The molecule has 0 spiro atoms. The fourth-order valence-corrected chi connectivity index (χ4v) is 4.80. The van der Waals surface area contributed by atoms with E-state index in [1.807, 2.05) is 0 Å². The Balaban J connectivity index is 1.65. The number of hydrazine groups is 1. The Morgan fingerprint density at radius 1 is 0.974 bits per heavy atom. The summed E-state index contributed by atoms with van der Waals surface area (Å²) in [6.45, 7) is 1.82. The second kappa shape index (κ2) is 11.8. The Bertz CT molecular complexity index is 1430. The van der Waals surface area contributed by atoms with Crippen molar-refractivity contribution in [1.29, 1.82) is 0 Å². The maximum Gasteiger partial charge on any atom is 0.286 e. The molecular formula is C26H24F2IN5O4. The van der Waals surface area contributed by atoms with Gasteiger partial charge in [-0.25, -0.2) is 14.2 Å². The van der Waals surface area contributed by atoms with E-state index in [1.54, 1.807) is 34.7 Å². The summed E-state index contributed by atoms with van der Waals surface area (Å²) in [5, 5.41) is 6.69. The van der Waals surface area contributed by atoms with Crippen molar-refractivity contribution in [1.82, 2.24) is 25.6 Å². The number of nitrogens with zero attached hydrogens (tertiary/aromatic N) is 2. The van der Waals surface area contributed by atoms with Gasteiger partial charge < -0.3 is 15.2 Å². The number of pyridine rings is 1. The molecule has 9 nitrogen and oxygen atoms in total. The molecular weight excluding hydrogens is 611 g/mol. The molecule has 3 amide bonds. The van der Waals surface area contributed by atoms with Crippen LogP contribution in [0.3, 0.4) is 0 Å². The van der Waals surface area contributed by atoms with Crippen LogP contribution in [-0.4, -0.2) is 33.8 Å². The van der Waals surface area contributed by atoms with Gasteiger partial charge in [-0.3, -0.25) is 24.2 Å². The smallest absolute Gasteiger partial charge is 0.286 e. The van der Waals surface area contributed by atoms with Gasteiger partial charge in [-0.05, 0) is 58.0 Å². The molecule has 4 rings (SSSR count). The monoisotopic (exact) mass is 635 g/mol. The summed E-state index contributed by atoms with van der Waals surface area (Å²) in [4.78, 5) is 51.0. The van der Waals surface area contributed by atoms with Crippen LogP contribution >= 0.6 is 22.6 Å². The van der Waals surface area contributed by atoms with Gasteiger partial charge in [0.2, 0.25) is 11.3 Å². The lowest BCUT2D eigenvalue weighted by Crippen LogP contribution is -2.53. The molecule has 0 saturated carbocycles. The Hall–Kier alpha value is -3.65. The minimum Gasteiger partial charge on any atom is -0.356 e. The highest BCUT2D eigenvalue weighted by Crippen LogP contribution is 2.24. The van der Waals surface area contributed by atoms with Crippen molar-refractivity contribution in [3.8, 4) is 0 Å². The third-order valence-corrected chi connectivity index (χ3v) is 6.92. The van der Waals surface area contributed by atoms with Crippen LogP contribution < -0.4 is 21.5 Å². The predicted molar refractivity (Wildman–Crippen MR) is 143 cm³/mol. The molecule has 2 aromatic carbocycles. The normalized spacial score (nSPS) is 14.7. The Morgan fingerprint density at radius 2 is 1.58 bits per heavy atom. The molecule has 0 aliphatic carbocycles. The molecule has 1 unspecified atom stereocenters. The van der Waals surface area contributed by atoms with Gasteiger partial charge >= 0.3 is 0 Å². The molecule has 12 heteroatoms. The van der Waals surface area contributed by atoms with Crippen molar-refractivity contribution in [2.75, 3.05) is 6.54 Å². The fourth-order valence-electron chi connectivity index (χ4n) is 4.00. The molecule has 1 aliphatic rings. The molecule has 1 atom stereocenters. The molecule has 0 bridgehead atoms. The predicted octanol–water partition coefficient (Wildman–Crippen LogP) is 2.85. The highest BCUT2D eigenvalue weighted by molar-refractivity contribution is 14.1. The van der Waals surface area contributed by atoms with Gasteiger partial charge in [0.15, 0.2) is 0 Å². The number of hydrogen-bond donors (Lipinski definition) is 3. The topological polar surface area (TPSA) is 113 Å². The first-order valence-electron chi connectivity index (χ1n) is 11.7. The number of carbonyl (C=O) groups excluding carboxylic acids is 3. The third kappa shape index (κ3) is 6.25. The van der Waals surface area contributed by atoms with Gasteiger partial charge in [-0.15, -0.1) is 0 Å².